The van der Waals surface area contributed by atoms with Gasteiger partial charge in [0.1, 0.15) is 5.78 Å². The van der Waals surface area contributed by atoms with Gasteiger partial charge in [-0.2, -0.15) is 0 Å². The summed E-state index contributed by atoms with van der Waals surface area (Å²) in [5.74, 6) is 1.48. The van der Waals surface area contributed by atoms with E-state index in [0.29, 0.717) is 17.6 Å². The lowest BCUT2D eigenvalue weighted by Crippen LogP contribution is -2.26. The van der Waals surface area contributed by atoms with Crippen LogP contribution in [0.15, 0.2) is 12.2 Å². The average molecular weight is 194 g/mol. The van der Waals surface area contributed by atoms with E-state index in [1.54, 1.807) is 0 Å². The van der Waals surface area contributed by atoms with Crippen molar-refractivity contribution in [3.8, 4) is 0 Å². The highest BCUT2D eigenvalue weighted by Crippen LogP contribution is 2.30. The number of rotatable bonds is 4. The summed E-state index contributed by atoms with van der Waals surface area (Å²) >= 11 is 0. The normalized spacial score (nSPS) is 28.6. The molecule has 0 bridgehead atoms. The molecule has 1 aliphatic rings. The Morgan fingerprint density at radius 1 is 1.43 bits per heavy atom. The minimum Gasteiger partial charge on any atom is -0.299 e. The van der Waals surface area contributed by atoms with Crippen LogP contribution in [0, 0.1) is 11.8 Å². The maximum Gasteiger partial charge on any atom is 0.136 e. The fraction of sp³-hybridized carbons (Fsp3) is 0.769. The summed E-state index contributed by atoms with van der Waals surface area (Å²) in [5, 5.41) is 0. The third-order valence-corrected chi connectivity index (χ3v) is 3.23. The van der Waals surface area contributed by atoms with Crippen molar-refractivity contribution in [1.29, 1.82) is 0 Å². The minimum absolute atomic E-state index is 0.352. The molecule has 1 nitrogen and oxygen atoms in total. The van der Waals surface area contributed by atoms with E-state index in [-0.39, 0.29) is 0 Å². The summed E-state index contributed by atoms with van der Waals surface area (Å²) in [6.45, 7) is 4.37. The molecule has 0 aromatic rings. The molecular weight excluding hydrogens is 172 g/mol. The average Bonchev–Trinajstić information content (AvgIpc) is 2.16. The van der Waals surface area contributed by atoms with Crippen molar-refractivity contribution in [3.63, 3.8) is 0 Å². The van der Waals surface area contributed by atoms with Gasteiger partial charge in [-0.25, -0.2) is 0 Å². The molecule has 1 heteroatoms. The van der Waals surface area contributed by atoms with E-state index in [2.05, 4.69) is 26.0 Å². The first-order valence-electron chi connectivity index (χ1n) is 5.93. The van der Waals surface area contributed by atoms with Crippen molar-refractivity contribution in [1.82, 2.24) is 0 Å². The topological polar surface area (TPSA) is 17.1 Å². The van der Waals surface area contributed by atoms with Crippen LogP contribution in [0.25, 0.3) is 0 Å². The van der Waals surface area contributed by atoms with Crippen LogP contribution >= 0.6 is 0 Å². The highest BCUT2D eigenvalue weighted by Gasteiger charge is 2.27. The minimum atomic E-state index is 0.352. The summed E-state index contributed by atoms with van der Waals surface area (Å²) in [7, 11) is 0. The monoisotopic (exact) mass is 194 g/mol. The molecule has 1 fully saturated rings. The second-order valence-electron chi connectivity index (χ2n) is 4.40. The number of carbonyl (C=O) groups is 1. The molecule has 1 rings (SSSR count). The van der Waals surface area contributed by atoms with Crippen LogP contribution in [0.1, 0.15) is 52.4 Å². The van der Waals surface area contributed by atoms with Gasteiger partial charge in [-0.1, -0.05) is 26.0 Å². The molecule has 0 amide bonds. The fourth-order valence-corrected chi connectivity index (χ4v) is 2.31. The van der Waals surface area contributed by atoms with E-state index in [1.807, 2.05) is 0 Å². The predicted molar refractivity (Wildman–Crippen MR) is 60.2 cm³/mol. The van der Waals surface area contributed by atoms with Crippen molar-refractivity contribution in [2.45, 2.75) is 52.4 Å². The van der Waals surface area contributed by atoms with Crippen LogP contribution in [0.5, 0.6) is 0 Å². The molecule has 0 saturated heterocycles. The van der Waals surface area contributed by atoms with Gasteiger partial charge in [0.15, 0.2) is 0 Å². The Bertz CT molecular complexity index is 205. The number of allylic oxidation sites excluding steroid dienone is 2. The molecule has 0 radical (unpaired) electrons. The van der Waals surface area contributed by atoms with Crippen LogP contribution in [-0.4, -0.2) is 5.78 Å². The zero-order valence-corrected chi connectivity index (χ0v) is 9.46. The van der Waals surface area contributed by atoms with E-state index in [9.17, 15) is 4.79 Å². The Morgan fingerprint density at radius 3 is 2.86 bits per heavy atom. The van der Waals surface area contributed by atoms with Gasteiger partial charge in [-0.15, -0.1) is 0 Å². The molecule has 14 heavy (non-hydrogen) atoms. The van der Waals surface area contributed by atoms with Gasteiger partial charge in [0.25, 0.3) is 0 Å². The first-order valence-corrected chi connectivity index (χ1v) is 5.93. The van der Waals surface area contributed by atoms with Gasteiger partial charge < -0.3 is 0 Å². The van der Waals surface area contributed by atoms with E-state index in [0.717, 1.165) is 32.1 Å². The Balaban J connectivity index is 2.33. The second-order valence-corrected chi connectivity index (χ2v) is 4.40. The summed E-state index contributed by atoms with van der Waals surface area (Å²) in [6, 6.07) is 0. The lowest BCUT2D eigenvalue weighted by molar-refractivity contribution is -0.126. The van der Waals surface area contributed by atoms with E-state index in [1.165, 1.54) is 6.42 Å². The van der Waals surface area contributed by atoms with Gasteiger partial charge in [0.2, 0.25) is 0 Å². The predicted octanol–water partition coefficient (Wildman–Crippen LogP) is 3.74. The first kappa shape index (κ1) is 11.5. The van der Waals surface area contributed by atoms with E-state index >= 15 is 0 Å². The molecule has 1 aliphatic carbocycles. The van der Waals surface area contributed by atoms with Crippen molar-refractivity contribution in [2.75, 3.05) is 0 Å². The van der Waals surface area contributed by atoms with Gasteiger partial charge in [-0.3, -0.25) is 4.79 Å². The van der Waals surface area contributed by atoms with Crippen LogP contribution < -0.4 is 0 Å². The van der Waals surface area contributed by atoms with Crippen molar-refractivity contribution >= 4 is 5.78 Å². The molecule has 80 valence electrons. The first-order chi connectivity index (χ1) is 6.75. The molecule has 0 N–H and O–H groups in total. The molecule has 1 saturated carbocycles. The third kappa shape index (κ3) is 3.28. The zero-order chi connectivity index (χ0) is 10.4. The number of Topliss-reactive ketones (excluding diaryl/α,β-unsaturated/α-hetero) is 1. The number of ketones is 1. The molecule has 2 atom stereocenters. The Kier molecular flexibility index (Phi) is 4.92. The van der Waals surface area contributed by atoms with Crippen LogP contribution in [0.3, 0.4) is 0 Å². The second kappa shape index (κ2) is 6.00. The van der Waals surface area contributed by atoms with Crippen molar-refractivity contribution < 1.29 is 4.79 Å². The van der Waals surface area contributed by atoms with Crippen LogP contribution in [-0.2, 0) is 4.79 Å². The Labute approximate surface area is 87.6 Å². The summed E-state index contributed by atoms with van der Waals surface area (Å²) in [4.78, 5) is 11.6. The lowest BCUT2D eigenvalue weighted by Gasteiger charge is -2.26. The van der Waals surface area contributed by atoms with Crippen LogP contribution in [0.4, 0.5) is 0 Å². The Hall–Kier alpha value is -0.590. The lowest BCUT2D eigenvalue weighted by atomic mass is 9.77. The number of carbonyl (C=O) groups excluding carboxylic acids is 1. The number of hydrogen-bond donors (Lipinski definition) is 0. The van der Waals surface area contributed by atoms with E-state index < -0.39 is 0 Å². The van der Waals surface area contributed by atoms with E-state index in [4.69, 9.17) is 0 Å². The van der Waals surface area contributed by atoms with Gasteiger partial charge >= 0.3 is 0 Å². The Morgan fingerprint density at radius 2 is 2.21 bits per heavy atom. The third-order valence-electron chi connectivity index (χ3n) is 3.23. The van der Waals surface area contributed by atoms with Crippen LogP contribution in [0.2, 0.25) is 0 Å². The summed E-state index contributed by atoms with van der Waals surface area (Å²) in [6.07, 6.45) is 10.8. The standard InChI is InChI=1S/C13H22O/c1-3-4-5-6-9-12-11(2)8-7-10-13(12)14/h4-5,11-12H,3,6-10H2,1-2H3. The molecule has 2 unspecified atom stereocenters. The smallest absolute Gasteiger partial charge is 0.136 e. The molecular formula is C13H22O. The number of hydrogen-bond acceptors (Lipinski definition) is 1. The zero-order valence-electron chi connectivity index (χ0n) is 9.46. The van der Waals surface area contributed by atoms with Crippen molar-refractivity contribution in [2.24, 2.45) is 11.8 Å². The van der Waals surface area contributed by atoms with Gasteiger partial charge in [0, 0.05) is 12.3 Å². The van der Waals surface area contributed by atoms with Crippen molar-refractivity contribution in [3.05, 3.63) is 12.2 Å². The molecule has 0 aliphatic heterocycles. The maximum absolute atomic E-state index is 11.6. The SMILES string of the molecule is CCC=CCCC1C(=O)CCCC1C. The largest absolute Gasteiger partial charge is 0.299 e. The molecule has 0 spiro atoms. The molecule has 0 heterocycles. The quantitative estimate of drug-likeness (QED) is 0.623. The molecule has 0 aromatic carbocycles. The van der Waals surface area contributed by atoms with Gasteiger partial charge in [0.05, 0.1) is 0 Å². The fourth-order valence-electron chi connectivity index (χ4n) is 2.31. The summed E-state index contributed by atoms with van der Waals surface area (Å²) in [5.41, 5.74) is 0. The summed E-state index contributed by atoms with van der Waals surface area (Å²) < 4.78 is 0. The molecule has 0 aromatic heterocycles. The highest BCUT2D eigenvalue weighted by atomic mass is 16.1. The maximum atomic E-state index is 11.6. The highest BCUT2D eigenvalue weighted by molar-refractivity contribution is 5.81. The van der Waals surface area contributed by atoms with Gasteiger partial charge in [-0.05, 0) is 38.0 Å².